The van der Waals surface area contributed by atoms with E-state index in [0.717, 1.165) is 42.3 Å². The van der Waals surface area contributed by atoms with Gasteiger partial charge in [-0.2, -0.15) is 0 Å². The van der Waals surface area contributed by atoms with Crippen molar-refractivity contribution in [2.24, 2.45) is 0 Å². The molecule has 0 aliphatic heterocycles. The standard InChI is InChI=1S/C15H19N3O/c1-3-7-16-10-13-6-9-17-11-15(13)19-14-5-4-8-18-12(14)2/h4-6,8-9,11,16H,3,7,10H2,1-2H3. The molecule has 0 saturated carbocycles. The predicted molar refractivity (Wildman–Crippen MR) is 75.3 cm³/mol. The first-order chi connectivity index (χ1) is 9.31. The lowest BCUT2D eigenvalue weighted by Gasteiger charge is -2.12. The zero-order valence-electron chi connectivity index (χ0n) is 11.4. The van der Waals surface area contributed by atoms with Crippen molar-refractivity contribution in [2.45, 2.75) is 26.8 Å². The molecule has 2 aromatic rings. The predicted octanol–water partition coefficient (Wildman–Crippen LogP) is 3.08. The molecule has 1 N–H and O–H groups in total. The van der Waals surface area contributed by atoms with Crippen LogP contribution in [0.25, 0.3) is 0 Å². The number of ether oxygens (including phenoxy) is 1. The zero-order chi connectivity index (χ0) is 13.5. The molecule has 0 saturated heterocycles. The Morgan fingerprint density at radius 2 is 2.11 bits per heavy atom. The molecule has 0 amide bonds. The molecule has 100 valence electrons. The normalized spacial score (nSPS) is 10.4. The molecule has 2 heterocycles. The molecule has 19 heavy (non-hydrogen) atoms. The summed E-state index contributed by atoms with van der Waals surface area (Å²) in [5.41, 5.74) is 1.98. The van der Waals surface area contributed by atoms with Gasteiger partial charge in [0.25, 0.3) is 0 Å². The van der Waals surface area contributed by atoms with Crippen molar-refractivity contribution in [1.29, 1.82) is 0 Å². The third-order valence-electron chi connectivity index (χ3n) is 2.79. The lowest BCUT2D eigenvalue weighted by Crippen LogP contribution is -2.14. The lowest BCUT2D eigenvalue weighted by atomic mass is 10.2. The van der Waals surface area contributed by atoms with Crippen LogP contribution in [0.3, 0.4) is 0 Å². The average Bonchev–Trinajstić information content (AvgIpc) is 2.43. The van der Waals surface area contributed by atoms with Crippen molar-refractivity contribution in [2.75, 3.05) is 6.54 Å². The molecule has 0 aliphatic carbocycles. The first-order valence-electron chi connectivity index (χ1n) is 6.54. The van der Waals surface area contributed by atoms with Crippen molar-refractivity contribution in [3.05, 3.63) is 48.0 Å². The van der Waals surface area contributed by atoms with Crippen molar-refractivity contribution in [3.63, 3.8) is 0 Å². The van der Waals surface area contributed by atoms with E-state index in [4.69, 9.17) is 4.74 Å². The van der Waals surface area contributed by atoms with Crippen LogP contribution in [0.4, 0.5) is 0 Å². The second kappa shape index (κ2) is 6.85. The number of hydrogen-bond acceptors (Lipinski definition) is 4. The van der Waals surface area contributed by atoms with E-state index >= 15 is 0 Å². The van der Waals surface area contributed by atoms with E-state index in [2.05, 4.69) is 22.2 Å². The van der Waals surface area contributed by atoms with Gasteiger partial charge < -0.3 is 10.1 Å². The van der Waals surface area contributed by atoms with Crippen LogP contribution in [0.5, 0.6) is 11.5 Å². The van der Waals surface area contributed by atoms with Crippen LogP contribution >= 0.6 is 0 Å². The molecule has 2 rings (SSSR count). The van der Waals surface area contributed by atoms with E-state index in [-0.39, 0.29) is 0 Å². The summed E-state index contributed by atoms with van der Waals surface area (Å²) in [5.74, 6) is 1.55. The van der Waals surface area contributed by atoms with E-state index in [9.17, 15) is 0 Å². The van der Waals surface area contributed by atoms with Gasteiger partial charge in [0.1, 0.15) is 11.5 Å². The minimum atomic E-state index is 0.771. The number of hydrogen-bond donors (Lipinski definition) is 1. The third-order valence-corrected chi connectivity index (χ3v) is 2.79. The maximum Gasteiger partial charge on any atom is 0.150 e. The van der Waals surface area contributed by atoms with Crippen LogP contribution in [0.15, 0.2) is 36.8 Å². The molecule has 0 spiro atoms. The van der Waals surface area contributed by atoms with Crippen LogP contribution in [0, 0.1) is 6.92 Å². The van der Waals surface area contributed by atoms with Gasteiger partial charge in [-0.25, -0.2) is 0 Å². The molecule has 0 fully saturated rings. The van der Waals surface area contributed by atoms with E-state index in [1.54, 1.807) is 18.6 Å². The number of nitrogens with zero attached hydrogens (tertiary/aromatic N) is 2. The van der Waals surface area contributed by atoms with Gasteiger partial charge in [0.05, 0.1) is 11.9 Å². The topological polar surface area (TPSA) is 47.0 Å². The highest BCUT2D eigenvalue weighted by Crippen LogP contribution is 2.25. The summed E-state index contributed by atoms with van der Waals surface area (Å²) in [7, 11) is 0. The number of rotatable bonds is 6. The van der Waals surface area contributed by atoms with Gasteiger partial charge in [0.2, 0.25) is 0 Å². The minimum Gasteiger partial charge on any atom is -0.453 e. The second-order valence-electron chi connectivity index (χ2n) is 4.35. The smallest absolute Gasteiger partial charge is 0.150 e. The summed E-state index contributed by atoms with van der Waals surface area (Å²) in [6, 6.07) is 5.76. The number of aromatic nitrogens is 2. The number of nitrogens with one attached hydrogen (secondary N) is 1. The fourth-order valence-corrected chi connectivity index (χ4v) is 1.74. The molecule has 0 aromatic carbocycles. The van der Waals surface area contributed by atoms with Gasteiger partial charge in [-0.05, 0) is 38.1 Å². The average molecular weight is 257 g/mol. The Bertz CT molecular complexity index is 528. The van der Waals surface area contributed by atoms with Gasteiger partial charge in [-0.3, -0.25) is 9.97 Å². The van der Waals surface area contributed by atoms with Crippen molar-refractivity contribution in [3.8, 4) is 11.5 Å². The number of pyridine rings is 2. The Kier molecular flexibility index (Phi) is 4.86. The molecule has 0 radical (unpaired) electrons. The Hall–Kier alpha value is -1.94. The zero-order valence-corrected chi connectivity index (χ0v) is 11.4. The van der Waals surface area contributed by atoms with Gasteiger partial charge >= 0.3 is 0 Å². The lowest BCUT2D eigenvalue weighted by molar-refractivity contribution is 0.464. The molecular weight excluding hydrogens is 238 g/mol. The first kappa shape index (κ1) is 13.5. The largest absolute Gasteiger partial charge is 0.453 e. The Morgan fingerprint density at radius 1 is 1.21 bits per heavy atom. The molecule has 0 aliphatic rings. The van der Waals surface area contributed by atoms with Crippen LogP contribution in [0.1, 0.15) is 24.6 Å². The van der Waals surface area contributed by atoms with Crippen molar-refractivity contribution >= 4 is 0 Å². The van der Waals surface area contributed by atoms with Crippen LogP contribution in [-0.2, 0) is 6.54 Å². The fourth-order valence-electron chi connectivity index (χ4n) is 1.74. The number of aryl methyl sites for hydroxylation is 1. The highest BCUT2D eigenvalue weighted by Gasteiger charge is 2.06. The van der Waals surface area contributed by atoms with Gasteiger partial charge in [0.15, 0.2) is 0 Å². The highest BCUT2D eigenvalue weighted by molar-refractivity contribution is 5.36. The highest BCUT2D eigenvalue weighted by atomic mass is 16.5. The summed E-state index contributed by atoms with van der Waals surface area (Å²) < 4.78 is 5.91. The maximum absolute atomic E-state index is 5.91. The fraction of sp³-hybridized carbons (Fsp3) is 0.333. The molecule has 0 atom stereocenters. The van der Waals surface area contributed by atoms with Crippen LogP contribution in [0.2, 0.25) is 0 Å². The minimum absolute atomic E-state index is 0.771. The van der Waals surface area contributed by atoms with Crippen LogP contribution < -0.4 is 10.1 Å². The van der Waals surface area contributed by atoms with Gasteiger partial charge in [-0.15, -0.1) is 0 Å². The van der Waals surface area contributed by atoms with Gasteiger partial charge in [-0.1, -0.05) is 6.92 Å². The monoisotopic (exact) mass is 257 g/mol. The summed E-state index contributed by atoms with van der Waals surface area (Å²) in [5, 5.41) is 3.37. The van der Waals surface area contributed by atoms with Gasteiger partial charge in [0, 0.05) is 24.5 Å². The Balaban J connectivity index is 2.13. The first-order valence-corrected chi connectivity index (χ1v) is 6.54. The Labute approximate surface area is 113 Å². The maximum atomic E-state index is 5.91. The summed E-state index contributed by atoms with van der Waals surface area (Å²) in [4.78, 5) is 8.35. The van der Waals surface area contributed by atoms with E-state index in [0.29, 0.717) is 0 Å². The SMILES string of the molecule is CCCNCc1ccncc1Oc1cccnc1C. The summed E-state index contributed by atoms with van der Waals surface area (Å²) >= 11 is 0. The third kappa shape index (κ3) is 3.76. The molecule has 2 aromatic heterocycles. The molecule has 4 heteroatoms. The van der Waals surface area contributed by atoms with Crippen LogP contribution in [-0.4, -0.2) is 16.5 Å². The second-order valence-corrected chi connectivity index (χ2v) is 4.35. The van der Waals surface area contributed by atoms with E-state index < -0.39 is 0 Å². The Morgan fingerprint density at radius 3 is 2.89 bits per heavy atom. The van der Waals surface area contributed by atoms with Crippen molar-refractivity contribution in [1.82, 2.24) is 15.3 Å². The van der Waals surface area contributed by atoms with E-state index in [1.165, 1.54) is 0 Å². The molecule has 0 bridgehead atoms. The van der Waals surface area contributed by atoms with E-state index in [1.807, 2.05) is 25.1 Å². The molecular formula is C15H19N3O. The molecule has 0 unspecified atom stereocenters. The quantitative estimate of drug-likeness (QED) is 0.808. The van der Waals surface area contributed by atoms with Crippen molar-refractivity contribution < 1.29 is 4.74 Å². The summed E-state index contributed by atoms with van der Waals surface area (Å²) in [6.07, 6.45) is 6.40. The summed E-state index contributed by atoms with van der Waals surface area (Å²) in [6.45, 7) is 5.86. The molecule has 4 nitrogen and oxygen atoms in total.